The standard InChI is InChI=1S/C28H23ClF3N3O5S2/c1-19-10-11-21(29)17-26(19)35(42(39,40)25-8-3-2-4-9-25)18-27(36)33-22-12-14-24(15-13-22)41(37,38)34-23-7-5-6-20(16-23)28(30,31)32/h2-17,34H,18H2,1H3,(H,33,36). The molecule has 0 bridgehead atoms. The van der Waals surface area contributed by atoms with E-state index in [4.69, 9.17) is 11.6 Å². The van der Waals surface area contributed by atoms with Crippen molar-refractivity contribution in [3.8, 4) is 0 Å². The number of sulfonamides is 2. The smallest absolute Gasteiger partial charge is 0.325 e. The summed E-state index contributed by atoms with van der Waals surface area (Å²) in [7, 11) is -8.46. The van der Waals surface area contributed by atoms with E-state index in [9.17, 15) is 34.8 Å². The minimum atomic E-state index is -4.65. The number of amides is 1. The van der Waals surface area contributed by atoms with E-state index in [1.807, 2.05) is 0 Å². The zero-order valence-electron chi connectivity index (χ0n) is 21.8. The SMILES string of the molecule is Cc1ccc(Cl)cc1N(CC(=O)Nc1ccc(S(=O)(=O)Nc2cccc(C(F)(F)F)c2)cc1)S(=O)(=O)c1ccccc1. The predicted octanol–water partition coefficient (Wildman–Crippen LogP) is 6.30. The summed E-state index contributed by atoms with van der Waals surface area (Å²) in [6.45, 7) is 1.04. The normalized spacial score (nSPS) is 12.0. The second kappa shape index (κ2) is 12.0. The summed E-state index contributed by atoms with van der Waals surface area (Å²) >= 11 is 6.13. The van der Waals surface area contributed by atoms with Gasteiger partial charge in [0.1, 0.15) is 6.54 Å². The molecule has 0 atom stereocenters. The third kappa shape index (κ3) is 7.22. The summed E-state index contributed by atoms with van der Waals surface area (Å²) in [6, 6.07) is 20.7. The van der Waals surface area contributed by atoms with E-state index in [0.717, 1.165) is 28.6 Å². The molecule has 0 spiro atoms. The fourth-order valence-electron chi connectivity index (χ4n) is 3.89. The number of nitrogens with one attached hydrogen (secondary N) is 2. The van der Waals surface area contributed by atoms with Gasteiger partial charge >= 0.3 is 6.18 Å². The van der Waals surface area contributed by atoms with Crippen molar-refractivity contribution < 1.29 is 34.8 Å². The minimum absolute atomic E-state index is 0.0417. The van der Waals surface area contributed by atoms with Crippen LogP contribution in [0.1, 0.15) is 11.1 Å². The number of hydrogen-bond donors (Lipinski definition) is 2. The van der Waals surface area contributed by atoms with E-state index < -0.39 is 44.2 Å². The van der Waals surface area contributed by atoms with Crippen LogP contribution in [0.5, 0.6) is 0 Å². The number of rotatable bonds is 9. The largest absolute Gasteiger partial charge is 0.416 e. The van der Waals surface area contributed by atoms with Crippen LogP contribution in [0.25, 0.3) is 0 Å². The molecule has 0 aliphatic rings. The van der Waals surface area contributed by atoms with Crippen LogP contribution in [0.15, 0.2) is 107 Å². The molecule has 0 saturated heterocycles. The maximum atomic E-state index is 13.5. The highest BCUT2D eigenvalue weighted by atomic mass is 35.5. The Morgan fingerprint density at radius 3 is 2.12 bits per heavy atom. The van der Waals surface area contributed by atoms with Crippen molar-refractivity contribution in [2.24, 2.45) is 0 Å². The van der Waals surface area contributed by atoms with E-state index >= 15 is 0 Å². The number of halogens is 4. The molecule has 4 aromatic carbocycles. The van der Waals surface area contributed by atoms with Gasteiger partial charge < -0.3 is 5.32 Å². The number of carbonyl (C=O) groups excluding carboxylic acids is 1. The minimum Gasteiger partial charge on any atom is -0.325 e. The fourth-order valence-corrected chi connectivity index (χ4v) is 6.61. The van der Waals surface area contributed by atoms with Crippen LogP contribution in [0, 0.1) is 6.92 Å². The first-order valence-electron chi connectivity index (χ1n) is 12.1. The van der Waals surface area contributed by atoms with Crippen molar-refractivity contribution in [1.29, 1.82) is 0 Å². The van der Waals surface area contributed by atoms with Gasteiger partial charge in [0.2, 0.25) is 5.91 Å². The summed E-state index contributed by atoms with van der Waals surface area (Å²) in [4.78, 5) is 12.7. The molecule has 0 aliphatic carbocycles. The van der Waals surface area contributed by atoms with Gasteiger partial charge in [-0.25, -0.2) is 16.8 Å². The van der Waals surface area contributed by atoms with Crippen molar-refractivity contribution in [2.45, 2.75) is 22.9 Å². The molecule has 1 amide bonds. The molecule has 0 unspecified atom stereocenters. The zero-order valence-corrected chi connectivity index (χ0v) is 24.2. The van der Waals surface area contributed by atoms with Crippen LogP contribution in [0.3, 0.4) is 0 Å². The van der Waals surface area contributed by atoms with Gasteiger partial charge in [-0.2, -0.15) is 13.2 Å². The maximum absolute atomic E-state index is 13.5. The molecule has 4 rings (SSSR count). The maximum Gasteiger partial charge on any atom is 0.416 e. The van der Waals surface area contributed by atoms with Crippen molar-refractivity contribution in [2.75, 3.05) is 20.9 Å². The molecular weight excluding hydrogens is 615 g/mol. The Hall–Kier alpha value is -4.07. The second-order valence-electron chi connectivity index (χ2n) is 9.01. The molecule has 8 nitrogen and oxygen atoms in total. The molecule has 0 heterocycles. The Bertz CT molecular complexity index is 1820. The van der Waals surface area contributed by atoms with Gasteiger partial charge in [-0.15, -0.1) is 0 Å². The van der Waals surface area contributed by atoms with Gasteiger partial charge in [0.05, 0.1) is 21.0 Å². The first-order chi connectivity index (χ1) is 19.7. The quantitative estimate of drug-likeness (QED) is 0.224. The monoisotopic (exact) mass is 637 g/mol. The van der Waals surface area contributed by atoms with Gasteiger partial charge in [0, 0.05) is 16.4 Å². The molecule has 4 aromatic rings. The number of nitrogens with zero attached hydrogens (tertiary/aromatic N) is 1. The number of anilines is 3. The van der Waals surface area contributed by atoms with Crippen LogP contribution < -0.4 is 14.3 Å². The first kappa shape index (κ1) is 30.9. The highest BCUT2D eigenvalue weighted by Gasteiger charge is 2.31. The topological polar surface area (TPSA) is 113 Å². The Balaban J connectivity index is 1.54. The summed E-state index contributed by atoms with van der Waals surface area (Å²) in [5.74, 6) is -0.730. The van der Waals surface area contributed by atoms with Crippen LogP contribution in [-0.2, 0) is 31.0 Å². The molecule has 0 saturated carbocycles. The van der Waals surface area contributed by atoms with Gasteiger partial charge in [-0.05, 0) is 79.2 Å². The summed E-state index contributed by atoms with van der Waals surface area (Å²) in [5, 5.41) is 2.80. The first-order valence-corrected chi connectivity index (χ1v) is 15.4. The lowest BCUT2D eigenvalue weighted by Gasteiger charge is -2.26. The zero-order chi connectivity index (χ0) is 30.7. The van der Waals surface area contributed by atoms with Crippen molar-refractivity contribution in [1.82, 2.24) is 0 Å². The molecule has 0 fully saturated rings. The number of aryl methyl sites for hydroxylation is 1. The van der Waals surface area contributed by atoms with Crippen LogP contribution in [-0.4, -0.2) is 29.3 Å². The highest BCUT2D eigenvalue weighted by molar-refractivity contribution is 7.93. The van der Waals surface area contributed by atoms with Crippen molar-refractivity contribution >= 4 is 54.6 Å². The van der Waals surface area contributed by atoms with E-state index in [1.165, 1.54) is 36.4 Å². The average Bonchev–Trinajstić information content (AvgIpc) is 2.93. The molecule has 0 aromatic heterocycles. The third-order valence-corrected chi connectivity index (χ3v) is 9.36. The van der Waals surface area contributed by atoms with E-state index in [0.29, 0.717) is 11.6 Å². The molecular formula is C28H23ClF3N3O5S2. The Labute approximate surface area is 245 Å². The van der Waals surface area contributed by atoms with Crippen LogP contribution >= 0.6 is 11.6 Å². The predicted molar refractivity (Wildman–Crippen MR) is 154 cm³/mol. The number of benzene rings is 4. The van der Waals surface area contributed by atoms with Gasteiger partial charge in [0.25, 0.3) is 20.0 Å². The van der Waals surface area contributed by atoms with Gasteiger partial charge in [0.15, 0.2) is 0 Å². The van der Waals surface area contributed by atoms with Crippen LogP contribution in [0.2, 0.25) is 5.02 Å². The van der Waals surface area contributed by atoms with Crippen LogP contribution in [0.4, 0.5) is 30.2 Å². The second-order valence-corrected chi connectivity index (χ2v) is 13.0. The molecule has 0 aliphatic heterocycles. The highest BCUT2D eigenvalue weighted by Crippen LogP contribution is 2.32. The van der Waals surface area contributed by atoms with Gasteiger partial charge in [-0.3, -0.25) is 13.8 Å². The Morgan fingerprint density at radius 1 is 0.810 bits per heavy atom. The van der Waals surface area contributed by atoms with E-state index in [2.05, 4.69) is 10.0 Å². The average molecular weight is 638 g/mol. The Kier molecular flexibility index (Phi) is 8.85. The van der Waals surface area contributed by atoms with Gasteiger partial charge in [-0.1, -0.05) is 41.9 Å². The van der Waals surface area contributed by atoms with Crippen molar-refractivity contribution in [3.63, 3.8) is 0 Å². The number of carbonyl (C=O) groups is 1. The Morgan fingerprint density at radius 2 is 1.48 bits per heavy atom. The number of alkyl halides is 3. The molecule has 0 radical (unpaired) electrons. The summed E-state index contributed by atoms with van der Waals surface area (Å²) in [5.41, 5.74) is -0.397. The molecule has 14 heteroatoms. The fraction of sp³-hybridized carbons (Fsp3) is 0.107. The summed E-state index contributed by atoms with van der Waals surface area (Å²) in [6.07, 6.45) is -4.65. The van der Waals surface area contributed by atoms with E-state index in [1.54, 1.807) is 37.3 Å². The molecule has 42 heavy (non-hydrogen) atoms. The molecule has 2 N–H and O–H groups in total. The molecule has 220 valence electrons. The lowest BCUT2D eigenvalue weighted by atomic mass is 10.2. The lowest BCUT2D eigenvalue weighted by molar-refractivity contribution is -0.137. The van der Waals surface area contributed by atoms with E-state index in [-0.39, 0.29) is 31.9 Å². The summed E-state index contributed by atoms with van der Waals surface area (Å²) < 4.78 is 94.5. The third-order valence-electron chi connectivity index (χ3n) is 5.95. The van der Waals surface area contributed by atoms with Crippen molar-refractivity contribution in [3.05, 3.63) is 113 Å². The number of hydrogen-bond acceptors (Lipinski definition) is 5. The lowest BCUT2D eigenvalue weighted by Crippen LogP contribution is -2.38.